The van der Waals surface area contributed by atoms with Gasteiger partial charge in [0.05, 0.1) is 10.6 Å². The maximum absolute atomic E-state index is 14.3. The van der Waals surface area contributed by atoms with Crippen molar-refractivity contribution in [1.82, 2.24) is 9.80 Å². The molecule has 0 N–H and O–H groups in total. The summed E-state index contributed by atoms with van der Waals surface area (Å²) in [5.74, 6) is -0.963. The first-order valence-electron chi connectivity index (χ1n) is 13.2. The minimum absolute atomic E-state index is 0.0432. The maximum atomic E-state index is 14.3. The fourth-order valence-electron chi connectivity index (χ4n) is 5.75. The van der Waals surface area contributed by atoms with Crippen LogP contribution in [0.5, 0.6) is 5.75 Å². The van der Waals surface area contributed by atoms with Crippen molar-refractivity contribution in [2.24, 2.45) is 0 Å². The molecule has 0 unspecified atom stereocenters. The van der Waals surface area contributed by atoms with E-state index in [-0.39, 0.29) is 11.6 Å². The van der Waals surface area contributed by atoms with E-state index in [2.05, 4.69) is 33.9 Å². The number of ether oxygens (including phenoxy) is 1. The lowest BCUT2D eigenvalue weighted by molar-refractivity contribution is 0.0982. The summed E-state index contributed by atoms with van der Waals surface area (Å²) in [5.41, 5.74) is 3.15. The highest BCUT2D eigenvalue weighted by molar-refractivity contribution is 7.17. The topological polar surface area (TPSA) is 39.3 Å². The monoisotopic (exact) mass is 538 g/mol. The van der Waals surface area contributed by atoms with Crippen LogP contribution in [-0.2, 0) is 6.61 Å². The molecule has 6 nitrogen and oxygen atoms in total. The van der Waals surface area contributed by atoms with Gasteiger partial charge in [-0.1, -0.05) is 0 Å². The highest BCUT2D eigenvalue weighted by Gasteiger charge is 2.29. The zero-order chi connectivity index (χ0) is 26.4. The van der Waals surface area contributed by atoms with E-state index in [1.54, 1.807) is 0 Å². The molecule has 0 aliphatic carbocycles. The van der Waals surface area contributed by atoms with E-state index >= 15 is 0 Å². The summed E-state index contributed by atoms with van der Waals surface area (Å²) in [5, 5.41) is 0. The van der Waals surface area contributed by atoms with Gasteiger partial charge >= 0.3 is 0 Å². The molecule has 4 heterocycles. The van der Waals surface area contributed by atoms with E-state index in [4.69, 9.17) is 4.74 Å². The van der Waals surface area contributed by atoms with Crippen molar-refractivity contribution in [2.45, 2.75) is 25.5 Å². The molecule has 3 aromatic rings. The summed E-state index contributed by atoms with van der Waals surface area (Å²) in [6.45, 7) is 7.03. The van der Waals surface area contributed by atoms with Gasteiger partial charge in [0.15, 0.2) is 0 Å². The van der Waals surface area contributed by atoms with Crippen molar-refractivity contribution < 1.29 is 18.3 Å². The molecule has 9 heteroatoms. The van der Waals surface area contributed by atoms with Crippen LogP contribution in [0.25, 0.3) is 10.4 Å². The molecule has 0 saturated carbocycles. The summed E-state index contributed by atoms with van der Waals surface area (Å²) >= 11 is 1.40. The van der Waals surface area contributed by atoms with Gasteiger partial charge < -0.3 is 19.4 Å². The molecule has 3 aliphatic heterocycles. The Balaban J connectivity index is 1.19. The highest BCUT2D eigenvalue weighted by atomic mass is 32.1. The zero-order valence-electron chi connectivity index (χ0n) is 21.8. The minimum atomic E-state index is -0.767. The number of likely N-dealkylation sites (N-methyl/N-ethyl adjacent to an activating group) is 1. The molecule has 1 amide bonds. The molecule has 2 fully saturated rings. The minimum Gasteiger partial charge on any atom is -0.488 e. The number of thiophene rings is 1. The van der Waals surface area contributed by atoms with Crippen LogP contribution in [0.1, 0.15) is 28.1 Å². The summed E-state index contributed by atoms with van der Waals surface area (Å²) in [6, 6.07) is 12.1. The third-order valence-electron chi connectivity index (χ3n) is 8.07. The molecule has 6 rings (SSSR count). The second-order valence-electron chi connectivity index (χ2n) is 10.5. The number of rotatable bonds is 4. The van der Waals surface area contributed by atoms with E-state index in [0.29, 0.717) is 17.5 Å². The third kappa shape index (κ3) is 4.79. The molecule has 0 atom stereocenters. The molecule has 2 aromatic carbocycles. The van der Waals surface area contributed by atoms with Gasteiger partial charge in [-0.25, -0.2) is 8.78 Å². The molecule has 200 valence electrons. The van der Waals surface area contributed by atoms with Gasteiger partial charge in [0, 0.05) is 80.1 Å². The van der Waals surface area contributed by atoms with Gasteiger partial charge in [-0.2, -0.15) is 0 Å². The lowest BCUT2D eigenvalue weighted by Gasteiger charge is -2.42. The van der Waals surface area contributed by atoms with Crippen LogP contribution in [0.3, 0.4) is 0 Å². The normalized spacial score (nSPS) is 18.6. The van der Waals surface area contributed by atoms with Crippen LogP contribution in [0, 0.1) is 11.6 Å². The maximum Gasteiger partial charge on any atom is 0.268 e. The Morgan fingerprint density at radius 1 is 1.00 bits per heavy atom. The second kappa shape index (κ2) is 10.3. The van der Waals surface area contributed by atoms with Gasteiger partial charge in [-0.3, -0.25) is 9.69 Å². The molecular formula is C29H32F2N4O2S. The molecule has 0 bridgehead atoms. The number of hydrogen-bond donors (Lipinski definition) is 0. The largest absolute Gasteiger partial charge is 0.488 e. The van der Waals surface area contributed by atoms with E-state index < -0.39 is 11.6 Å². The van der Waals surface area contributed by atoms with Crippen LogP contribution in [-0.4, -0.2) is 75.1 Å². The Morgan fingerprint density at radius 3 is 2.50 bits per heavy atom. The standard InChI is InChI=1S/C29H32F2N4O2S/c1-32-11-13-35(14-12-32)21-7-9-34(10-8-21)22-4-6-26-23(17-22)28-19(18-37-26)15-27(38-28)29(36)33(2)25-5-3-20(30)16-24(25)31/h3-6,15-17,21H,7-14,18H2,1-2H3. The van der Waals surface area contributed by atoms with E-state index in [0.717, 1.165) is 86.0 Å². The number of piperidine rings is 1. The van der Waals surface area contributed by atoms with Crippen molar-refractivity contribution >= 4 is 28.6 Å². The molecule has 0 spiro atoms. The third-order valence-corrected chi connectivity index (χ3v) is 9.27. The Bertz CT molecular complexity index is 1350. The van der Waals surface area contributed by atoms with Crippen LogP contribution in [0.15, 0.2) is 42.5 Å². The quantitative estimate of drug-likeness (QED) is 0.464. The SMILES string of the molecule is CN1CCN(C2CCN(c3ccc4c(c3)-c3sc(C(=O)N(C)c5ccc(F)cc5F)cc3CO4)CC2)CC1. The number of hydrogen-bond acceptors (Lipinski definition) is 6. The first-order valence-corrected chi connectivity index (χ1v) is 14.0. The van der Waals surface area contributed by atoms with Crippen molar-refractivity contribution in [1.29, 1.82) is 0 Å². The van der Waals surface area contributed by atoms with Gasteiger partial charge in [0.2, 0.25) is 0 Å². The average molecular weight is 539 g/mol. The fourth-order valence-corrected chi connectivity index (χ4v) is 6.91. The lowest BCUT2D eigenvalue weighted by atomic mass is 10.00. The zero-order valence-corrected chi connectivity index (χ0v) is 22.6. The first kappa shape index (κ1) is 25.3. The van der Waals surface area contributed by atoms with Crippen LogP contribution >= 0.6 is 11.3 Å². The van der Waals surface area contributed by atoms with Crippen molar-refractivity contribution in [3.05, 3.63) is 64.5 Å². The Morgan fingerprint density at radius 2 is 1.76 bits per heavy atom. The number of fused-ring (bicyclic) bond motifs is 3. The van der Waals surface area contributed by atoms with Crippen molar-refractivity contribution in [3.8, 4) is 16.2 Å². The predicted molar refractivity (Wildman–Crippen MR) is 147 cm³/mol. The average Bonchev–Trinajstić information content (AvgIpc) is 3.38. The molecular weight excluding hydrogens is 506 g/mol. The van der Waals surface area contributed by atoms with Gasteiger partial charge in [-0.15, -0.1) is 11.3 Å². The summed E-state index contributed by atoms with van der Waals surface area (Å²) in [7, 11) is 3.70. The number of halogens is 2. The number of amides is 1. The smallest absolute Gasteiger partial charge is 0.268 e. The van der Waals surface area contributed by atoms with Gasteiger partial charge in [0.1, 0.15) is 24.0 Å². The first-order chi connectivity index (χ1) is 18.4. The number of anilines is 2. The lowest BCUT2D eigenvalue weighted by Crippen LogP contribution is -2.52. The molecule has 1 aromatic heterocycles. The van der Waals surface area contributed by atoms with Crippen molar-refractivity contribution in [2.75, 3.05) is 63.2 Å². The summed E-state index contributed by atoms with van der Waals surface area (Å²) in [4.78, 5) is 23.5. The van der Waals surface area contributed by atoms with E-state index in [1.807, 2.05) is 12.1 Å². The van der Waals surface area contributed by atoms with Crippen LogP contribution in [0.2, 0.25) is 0 Å². The number of carbonyl (C=O) groups is 1. The Kier molecular flexibility index (Phi) is 6.84. The van der Waals surface area contributed by atoms with Crippen LogP contribution in [0.4, 0.5) is 20.2 Å². The van der Waals surface area contributed by atoms with Gasteiger partial charge in [-0.05, 0) is 56.3 Å². The Hall–Kier alpha value is -3.01. The van der Waals surface area contributed by atoms with E-state index in [1.165, 1.54) is 35.0 Å². The highest BCUT2D eigenvalue weighted by Crippen LogP contribution is 2.45. The molecule has 3 aliphatic rings. The van der Waals surface area contributed by atoms with Crippen LogP contribution < -0.4 is 14.5 Å². The molecule has 38 heavy (non-hydrogen) atoms. The summed E-state index contributed by atoms with van der Waals surface area (Å²) in [6.07, 6.45) is 2.32. The van der Waals surface area contributed by atoms with Gasteiger partial charge in [0.25, 0.3) is 5.91 Å². The van der Waals surface area contributed by atoms with E-state index in [9.17, 15) is 13.6 Å². The fraction of sp³-hybridized carbons (Fsp3) is 0.414. The Labute approximate surface area is 226 Å². The number of benzene rings is 2. The van der Waals surface area contributed by atoms with Crippen molar-refractivity contribution in [3.63, 3.8) is 0 Å². The molecule has 2 saturated heterocycles. The number of carbonyl (C=O) groups excluding carboxylic acids is 1. The summed E-state index contributed by atoms with van der Waals surface area (Å²) < 4.78 is 33.7. The molecule has 0 radical (unpaired) electrons. The number of piperazine rings is 1. The number of nitrogens with zero attached hydrogens (tertiary/aromatic N) is 4. The second-order valence-corrected chi connectivity index (χ2v) is 11.5. The predicted octanol–water partition coefficient (Wildman–Crippen LogP) is 5.08.